The number of hydrogen-bond donors (Lipinski definition) is 1. The smallest absolute Gasteiger partial charge is 0.154 e. The molecule has 1 aromatic carbocycles. The Balaban J connectivity index is 2.34. The largest absolute Gasteiger partial charge is 0.496 e. The minimum atomic E-state index is 0.635. The minimum Gasteiger partial charge on any atom is -0.496 e. The number of fused-ring (bicyclic) bond motifs is 1. The second-order valence-electron chi connectivity index (χ2n) is 4.24. The predicted molar refractivity (Wildman–Crippen MR) is 62.2 cm³/mol. The highest BCUT2D eigenvalue weighted by Crippen LogP contribution is 2.45. The highest BCUT2D eigenvalue weighted by atomic mass is 16.5. The second kappa shape index (κ2) is 3.37. The van der Waals surface area contributed by atoms with E-state index >= 15 is 0 Å². The molecule has 0 unspecified atom stereocenters. The van der Waals surface area contributed by atoms with Gasteiger partial charge < -0.3 is 9.72 Å². The lowest BCUT2D eigenvalue weighted by Gasteiger charge is -2.09. The van der Waals surface area contributed by atoms with Gasteiger partial charge in [-0.25, -0.2) is 0 Å². The summed E-state index contributed by atoms with van der Waals surface area (Å²) in [6.07, 6.45) is 5.21. The lowest BCUT2D eigenvalue weighted by molar-refractivity contribution is 0.112. The number of rotatable bonds is 3. The van der Waals surface area contributed by atoms with Crippen molar-refractivity contribution in [1.82, 2.24) is 4.98 Å². The van der Waals surface area contributed by atoms with E-state index in [9.17, 15) is 4.79 Å². The maximum absolute atomic E-state index is 11.1. The molecule has 0 atom stereocenters. The monoisotopic (exact) mass is 215 g/mol. The topological polar surface area (TPSA) is 42.1 Å². The van der Waals surface area contributed by atoms with Crippen molar-refractivity contribution in [2.24, 2.45) is 0 Å². The van der Waals surface area contributed by atoms with E-state index in [1.165, 1.54) is 18.4 Å². The van der Waals surface area contributed by atoms with Crippen molar-refractivity contribution < 1.29 is 9.53 Å². The number of aromatic amines is 1. The summed E-state index contributed by atoms with van der Waals surface area (Å²) in [5, 5.41) is 0.969. The molecule has 0 saturated heterocycles. The fourth-order valence-electron chi connectivity index (χ4n) is 2.26. The van der Waals surface area contributed by atoms with Crippen molar-refractivity contribution in [1.29, 1.82) is 0 Å². The third-order valence-electron chi connectivity index (χ3n) is 3.23. The summed E-state index contributed by atoms with van der Waals surface area (Å²) in [5.41, 5.74) is 3.01. The number of ether oxygens (including phenoxy) is 1. The molecule has 0 bridgehead atoms. The fourth-order valence-corrected chi connectivity index (χ4v) is 2.26. The van der Waals surface area contributed by atoms with Gasteiger partial charge in [-0.15, -0.1) is 0 Å². The van der Waals surface area contributed by atoms with Crippen LogP contribution in [-0.4, -0.2) is 18.4 Å². The molecule has 1 aliphatic rings. The van der Waals surface area contributed by atoms with Crippen LogP contribution >= 0.6 is 0 Å². The SMILES string of the molecule is COc1cc(C2CC2)c2[nH]ccc2c1C=O. The Kier molecular flexibility index (Phi) is 1.99. The number of aromatic nitrogens is 1. The lowest BCUT2D eigenvalue weighted by atomic mass is 10.0. The van der Waals surface area contributed by atoms with Crippen LogP contribution in [0.2, 0.25) is 0 Å². The third kappa shape index (κ3) is 1.24. The average molecular weight is 215 g/mol. The molecule has 1 fully saturated rings. The van der Waals surface area contributed by atoms with E-state index in [4.69, 9.17) is 4.74 Å². The minimum absolute atomic E-state index is 0.635. The van der Waals surface area contributed by atoms with Crippen molar-refractivity contribution in [3.63, 3.8) is 0 Å². The molecule has 82 valence electrons. The van der Waals surface area contributed by atoms with Gasteiger partial charge in [0.05, 0.1) is 12.7 Å². The van der Waals surface area contributed by atoms with Gasteiger partial charge in [-0.2, -0.15) is 0 Å². The van der Waals surface area contributed by atoms with Crippen LogP contribution in [0.3, 0.4) is 0 Å². The lowest BCUT2D eigenvalue weighted by Crippen LogP contribution is -1.94. The first kappa shape index (κ1) is 9.46. The maximum Gasteiger partial charge on any atom is 0.154 e. The number of benzene rings is 1. The summed E-state index contributed by atoms with van der Waals surface area (Å²) in [6.45, 7) is 0. The quantitative estimate of drug-likeness (QED) is 0.800. The number of H-pyrrole nitrogens is 1. The molecular weight excluding hydrogens is 202 g/mol. The van der Waals surface area contributed by atoms with Crippen LogP contribution in [0.1, 0.15) is 34.7 Å². The molecule has 3 nitrogen and oxygen atoms in total. The molecular formula is C13H13NO2. The van der Waals surface area contributed by atoms with Gasteiger partial charge in [0.1, 0.15) is 5.75 Å². The van der Waals surface area contributed by atoms with Gasteiger partial charge in [0.2, 0.25) is 0 Å². The van der Waals surface area contributed by atoms with Crippen molar-refractivity contribution in [2.75, 3.05) is 7.11 Å². The maximum atomic E-state index is 11.1. The summed E-state index contributed by atoms with van der Waals surface area (Å²) in [5.74, 6) is 1.32. The Morgan fingerprint density at radius 1 is 1.50 bits per heavy atom. The molecule has 1 aromatic heterocycles. The van der Waals surface area contributed by atoms with Crippen molar-refractivity contribution >= 4 is 17.2 Å². The van der Waals surface area contributed by atoms with E-state index in [1.807, 2.05) is 18.3 Å². The molecule has 3 heteroatoms. The Hall–Kier alpha value is -1.77. The van der Waals surface area contributed by atoms with Crippen molar-refractivity contribution in [3.05, 3.63) is 29.5 Å². The van der Waals surface area contributed by atoms with Crippen LogP contribution in [-0.2, 0) is 0 Å². The first-order valence-corrected chi connectivity index (χ1v) is 5.48. The molecule has 1 aliphatic carbocycles. The zero-order valence-electron chi connectivity index (χ0n) is 9.12. The van der Waals surface area contributed by atoms with Crippen LogP contribution in [0.4, 0.5) is 0 Å². The number of nitrogens with one attached hydrogen (secondary N) is 1. The molecule has 0 aliphatic heterocycles. The Labute approximate surface area is 93.4 Å². The van der Waals surface area contributed by atoms with Gasteiger partial charge in [0, 0.05) is 17.1 Å². The predicted octanol–water partition coefficient (Wildman–Crippen LogP) is 2.87. The molecule has 1 heterocycles. The molecule has 16 heavy (non-hydrogen) atoms. The molecule has 2 aromatic rings. The van der Waals surface area contributed by atoms with E-state index < -0.39 is 0 Å². The highest BCUT2D eigenvalue weighted by Gasteiger charge is 2.27. The number of carbonyl (C=O) groups is 1. The van der Waals surface area contributed by atoms with Gasteiger partial charge in [0.25, 0.3) is 0 Å². The van der Waals surface area contributed by atoms with E-state index in [0.717, 1.165) is 17.2 Å². The molecule has 0 amide bonds. The number of hydrogen-bond acceptors (Lipinski definition) is 2. The molecule has 1 N–H and O–H groups in total. The number of carbonyl (C=O) groups excluding carboxylic acids is 1. The summed E-state index contributed by atoms with van der Waals surface area (Å²) in [7, 11) is 1.61. The molecule has 0 radical (unpaired) electrons. The van der Waals surface area contributed by atoms with Crippen LogP contribution in [0, 0.1) is 0 Å². The summed E-state index contributed by atoms with van der Waals surface area (Å²) < 4.78 is 5.29. The van der Waals surface area contributed by atoms with Gasteiger partial charge in [0.15, 0.2) is 6.29 Å². The fraction of sp³-hybridized carbons (Fsp3) is 0.308. The van der Waals surface area contributed by atoms with Crippen molar-refractivity contribution in [2.45, 2.75) is 18.8 Å². The second-order valence-corrected chi connectivity index (χ2v) is 4.24. The van der Waals surface area contributed by atoms with Crippen LogP contribution in [0.5, 0.6) is 5.75 Å². The van der Waals surface area contributed by atoms with Crippen LogP contribution in [0.15, 0.2) is 18.3 Å². The van der Waals surface area contributed by atoms with E-state index in [-0.39, 0.29) is 0 Å². The van der Waals surface area contributed by atoms with Crippen LogP contribution in [0.25, 0.3) is 10.9 Å². The molecule has 3 rings (SSSR count). The normalized spacial score (nSPS) is 15.3. The average Bonchev–Trinajstić information content (AvgIpc) is 3.04. The van der Waals surface area contributed by atoms with Gasteiger partial charge in [-0.05, 0) is 36.5 Å². The Morgan fingerprint density at radius 2 is 2.31 bits per heavy atom. The molecule has 1 saturated carbocycles. The van der Waals surface area contributed by atoms with Crippen molar-refractivity contribution in [3.8, 4) is 5.75 Å². The van der Waals surface area contributed by atoms with E-state index in [0.29, 0.717) is 17.2 Å². The highest BCUT2D eigenvalue weighted by molar-refractivity contribution is 6.01. The standard InChI is InChI=1S/C13H13NO2/c1-16-12-6-10(8-2-3-8)13-9(4-5-14-13)11(12)7-15/h4-8,14H,2-3H2,1H3. The first-order chi connectivity index (χ1) is 7.85. The summed E-state index contributed by atoms with van der Waals surface area (Å²) >= 11 is 0. The Morgan fingerprint density at radius 3 is 2.94 bits per heavy atom. The Bertz CT molecular complexity index is 552. The molecule has 0 spiro atoms. The number of aldehydes is 1. The van der Waals surface area contributed by atoms with Gasteiger partial charge in [-0.3, -0.25) is 4.79 Å². The van der Waals surface area contributed by atoms with E-state index in [2.05, 4.69) is 4.98 Å². The third-order valence-corrected chi connectivity index (χ3v) is 3.23. The zero-order valence-corrected chi connectivity index (χ0v) is 9.12. The number of methoxy groups -OCH3 is 1. The van der Waals surface area contributed by atoms with Gasteiger partial charge in [-0.1, -0.05) is 0 Å². The van der Waals surface area contributed by atoms with Crippen LogP contribution < -0.4 is 4.74 Å². The summed E-state index contributed by atoms with van der Waals surface area (Å²) in [6, 6.07) is 3.94. The summed E-state index contributed by atoms with van der Waals surface area (Å²) in [4.78, 5) is 14.3. The van der Waals surface area contributed by atoms with E-state index in [1.54, 1.807) is 7.11 Å². The first-order valence-electron chi connectivity index (χ1n) is 5.48. The zero-order chi connectivity index (χ0) is 11.1. The van der Waals surface area contributed by atoms with Gasteiger partial charge >= 0.3 is 0 Å².